The van der Waals surface area contributed by atoms with Crippen LogP contribution in [-0.4, -0.2) is 33.2 Å². The van der Waals surface area contributed by atoms with Crippen LogP contribution in [0.2, 0.25) is 0 Å². The molecule has 0 bridgehead atoms. The fourth-order valence-electron chi connectivity index (χ4n) is 6.36. The van der Waals surface area contributed by atoms with Gasteiger partial charge in [0.15, 0.2) is 5.85 Å². The summed E-state index contributed by atoms with van der Waals surface area (Å²) in [4.78, 5) is 13.6. The molecule has 0 spiro atoms. The number of nitrogens with zero attached hydrogens (tertiary/aromatic N) is 2. The Morgan fingerprint density at radius 1 is 0.714 bits per heavy atom. The molecule has 1 saturated carbocycles. The lowest BCUT2D eigenvalue weighted by Crippen LogP contribution is -2.39. The Hall–Kier alpha value is -3.76. The monoisotopic (exact) mass is 576 g/mol. The largest absolute Gasteiger partial charge is 0.444 e. The van der Waals surface area contributed by atoms with Gasteiger partial charge in [0.05, 0.1) is 5.56 Å². The first-order valence-corrected chi connectivity index (χ1v) is 16.5. The molecule has 1 aliphatic heterocycles. The summed E-state index contributed by atoms with van der Waals surface area (Å²) in [6, 6.07) is 39.6. The van der Waals surface area contributed by atoms with Gasteiger partial charge in [-0.2, -0.15) is 0 Å². The number of rotatable bonds is 9. The summed E-state index contributed by atoms with van der Waals surface area (Å²) in [5, 5.41) is 0. The highest BCUT2D eigenvalue weighted by Crippen LogP contribution is 2.68. The molecule has 42 heavy (non-hydrogen) atoms. The summed E-state index contributed by atoms with van der Waals surface area (Å²) in [7, 11) is -3.51. The van der Waals surface area contributed by atoms with Gasteiger partial charge >= 0.3 is 5.97 Å². The van der Waals surface area contributed by atoms with E-state index >= 15 is 4.57 Å². The molecule has 214 valence electrons. The Balaban J connectivity index is 1.47. The van der Waals surface area contributed by atoms with Crippen LogP contribution in [0.5, 0.6) is 0 Å². The second-order valence-electron chi connectivity index (χ2n) is 11.1. The molecule has 1 saturated heterocycles. The minimum atomic E-state index is -3.51. The van der Waals surface area contributed by atoms with Gasteiger partial charge in [-0.1, -0.05) is 128 Å². The number of fused-ring (bicyclic) bond motifs is 1. The van der Waals surface area contributed by atoms with Gasteiger partial charge in [-0.3, -0.25) is 4.57 Å². The van der Waals surface area contributed by atoms with Crippen molar-refractivity contribution in [2.24, 2.45) is 0 Å². The van der Waals surface area contributed by atoms with E-state index in [9.17, 15) is 4.79 Å². The lowest BCUT2D eigenvalue weighted by atomic mass is 9.90. The molecule has 6 rings (SSSR count). The molecule has 0 amide bonds. The van der Waals surface area contributed by atoms with Crippen LogP contribution in [0.1, 0.15) is 52.7 Å². The van der Waals surface area contributed by atoms with E-state index in [1.807, 2.05) is 97.1 Å². The topological polar surface area (TPSA) is 49.9 Å². The van der Waals surface area contributed by atoms with Gasteiger partial charge in [-0.15, -0.1) is 0 Å². The average molecular weight is 577 g/mol. The minimum Gasteiger partial charge on any atom is -0.444 e. The zero-order valence-electron chi connectivity index (χ0n) is 23.7. The summed E-state index contributed by atoms with van der Waals surface area (Å²) in [5.41, 5.74) is 3.61. The molecule has 1 aliphatic carbocycles. The van der Waals surface area contributed by atoms with Gasteiger partial charge < -0.3 is 4.74 Å². The summed E-state index contributed by atoms with van der Waals surface area (Å²) < 4.78 is 26.8. The number of benzene rings is 4. The maximum atomic E-state index is 16.1. The van der Waals surface area contributed by atoms with E-state index in [0.29, 0.717) is 18.7 Å². The lowest BCUT2D eigenvalue weighted by molar-refractivity contribution is 0.0482. The lowest BCUT2D eigenvalue weighted by Gasteiger charge is -2.36. The van der Waals surface area contributed by atoms with Crippen LogP contribution < -0.4 is 0 Å². The Kier molecular flexibility index (Phi) is 8.81. The first kappa shape index (κ1) is 28.4. The fourth-order valence-corrected chi connectivity index (χ4v) is 9.90. The molecule has 4 aromatic rings. The van der Waals surface area contributed by atoms with Crippen LogP contribution >= 0.6 is 7.44 Å². The molecular weight excluding hydrogens is 539 g/mol. The van der Waals surface area contributed by atoms with E-state index in [4.69, 9.17) is 4.74 Å². The summed E-state index contributed by atoms with van der Waals surface area (Å²) in [6.07, 6.45) is 7.92. The van der Waals surface area contributed by atoms with Gasteiger partial charge in [0.2, 0.25) is 0 Å². The number of hydrogen-bond donors (Lipinski definition) is 0. The van der Waals surface area contributed by atoms with Crippen molar-refractivity contribution in [3.63, 3.8) is 0 Å². The first-order chi connectivity index (χ1) is 20.6. The van der Waals surface area contributed by atoms with E-state index in [1.165, 1.54) is 0 Å². The van der Waals surface area contributed by atoms with Crippen LogP contribution in [0.3, 0.4) is 0 Å². The standard InChI is InChI=1S/C36H37N2O3P/c39-36(32-21-11-4-12-22-32)41-35(26-25-29-15-5-1-6-16-29)42(40)37(27-30-17-7-2-8-18-30)33-23-13-14-24-34(33)38(42)28-31-19-9-3-10-20-31/h1-12,15-22,25-26,33-35H,13-14,23-24,27-28H2/t33-,34-,35+/m1/s1. The summed E-state index contributed by atoms with van der Waals surface area (Å²) >= 11 is 0. The van der Waals surface area contributed by atoms with E-state index in [1.54, 1.807) is 12.1 Å². The first-order valence-electron chi connectivity index (χ1n) is 14.8. The minimum absolute atomic E-state index is 0.108. The molecule has 3 atom stereocenters. The molecule has 4 aromatic carbocycles. The normalized spacial score (nSPS) is 21.1. The van der Waals surface area contributed by atoms with E-state index in [-0.39, 0.29) is 12.1 Å². The van der Waals surface area contributed by atoms with Gasteiger partial charge in [-0.05, 0) is 47.7 Å². The zero-order chi connectivity index (χ0) is 28.8. The predicted octanol–water partition coefficient (Wildman–Crippen LogP) is 8.41. The van der Waals surface area contributed by atoms with Crippen LogP contribution in [0.15, 0.2) is 127 Å². The molecule has 0 aromatic heterocycles. The fraction of sp³-hybridized carbons (Fsp3) is 0.250. The van der Waals surface area contributed by atoms with E-state index in [0.717, 1.165) is 42.4 Å². The van der Waals surface area contributed by atoms with Crippen LogP contribution in [0.25, 0.3) is 6.08 Å². The van der Waals surface area contributed by atoms with Gasteiger partial charge in [0, 0.05) is 25.2 Å². The van der Waals surface area contributed by atoms with Crippen LogP contribution in [0.4, 0.5) is 0 Å². The Bertz CT molecular complexity index is 1470. The molecular formula is C36H37N2O3P. The van der Waals surface area contributed by atoms with Crippen molar-refractivity contribution in [1.82, 2.24) is 9.34 Å². The predicted molar refractivity (Wildman–Crippen MR) is 169 cm³/mol. The van der Waals surface area contributed by atoms with Gasteiger partial charge in [0.25, 0.3) is 7.44 Å². The van der Waals surface area contributed by atoms with Crippen molar-refractivity contribution in [3.8, 4) is 0 Å². The molecule has 0 N–H and O–H groups in total. The third kappa shape index (κ3) is 6.05. The Morgan fingerprint density at radius 2 is 1.17 bits per heavy atom. The second-order valence-corrected chi connectivity index (χ2v) is 13.8. The molecule has 6 heteroatoms. The highest BCUT2D eigenvalue weighted by Gasteiger charge is 2.59. The van der Waals surface area contributed by atoms with Crippen LogP contribution in [0, 0.1) is 0 Å². The van der Waals surface area contributed by atoms with Gasteiger partial charge in [0.1, 0.15) is 0 Å². The average Bonchev–Trinajstić information content (AvgIpc) is 3.28. The molecule has 1 heterocycles. The Morgan fingerprint density at radius 3 is 1.67 bits per heavy atom. The number of carbonyl (C=O) groups is 1. The SMILES string of the molecule is O=C(O[C@H](C=Cc1ccccc1)P1(=O)N(Cc2ccccc2)[C@@H]2CCCC[C@H]2N1Cc1ccccc1)c1ccccc1. The molecule has 5 nitrogen and oxygen atoms in total. The molecule has 0 unspecified atom stereocenters. The molecule has 2 aliphatic rings. The van der Waals surface area contributed by atoms with Crippen molar-refractivity contribution in [2.45, 2.75) is 56.7 Å². The maximum absolute atomic E-state index is 16.1. The second kappa shape index (κ2) is 13.0. The smallest absolute Gasteiger partial charge is 0.339 e. The van der Waals surface area contributed by atoms with E-state index in [2.05, 4.69) is 33.6 Å². The van der Waals surface area contributed by atoms with Crippen molar-refractivity contribution >= 4 is 19.5 Å². The van der Waals surface area contributed by atoms with Crippen LogP contribution in [-0.2, 0) is 22.4 Å². The van der Waals surface area contributed by atoms with Crippen molar-refractivity contribution in [2.75, 3.05) is 0 Å². The summed E-state index contributed by atoms with van der Waals surface area (Å²) in [6.45, 7) is 1.06. The number of carbonyl (C=O) groups excluding carboxylic acids is 1. The molecule has 0 radical (unpaired) electrons. The zero-order valence-corrected chi connectivity index (χ0v) is 24.6. The van der Waals surface area contributed by atoms with E-state index < -0.39 is 19.3 Å². The van der Waals surface area contributed by atoms with Gasteiger partial charge in [-0.25, -0.2) is 14.1 Å². The highest BCUT2D eigenvalue weighted by atomic mass is 31.2. The van der Waals surface area contributed by atoms with Crippen molar-refractivity contribution in [3.05, 3.63) is 150 Å². The maximum Gasteiger partial charge on any atom is 0.339 e. The number of esters is 1. The van der Waals surface area contributed by atoms with Crippen molar-refractivity contribution in [1.29, 1.82) is 0 Å². The number of ether oxygens (including phenoxy) is 1. The molecule has 2 fully saturated rings. The Labute approximate surface area is 248 Å². The third-order valence-corrected chi connectivity index (χ3v) is 11.7. The summed E-state index contributed by atoms with van der Waals surface area (Å²) in [5.74, 6) is -1.42. The van der Waals surface area contributed by atoms with Crippen molar-refractivity contribution < 1.29 is 14.1 Å². The highest BCUT2D eigenvalue weighted by molar-refractivity contribution is 7.60. The number of hydrogen-bond acceptors (Lipinski definition) is 3. The third-order valence-electron chi connectivity index (χ3n) is 8.39. The quantitative estimate of drug-likeness (QED) is 0.148.